The van der Waals surface area contributed by atoms with Crippen LogP contribution in [0.5, 0.6) is 0 Å². The summed E-state index contributed by atoms with van der Waals surface area (Å²) in [7, 11) is 4.76. The molecule has 0 radical (unpaired) electrons. The van der Waals surface area contributed by atoms with Crippen molar-refractivity contribution >= 4 is 0 Å². The monoisotopic (exact) mass is 154 g/mol. The number of ether oxygens (including phenoxy) is 1. The highest BCUT2D eigenvalue weighted by molar-refractivity contribution is 5.05. The smallest absolute Gasteiger partial charge is 0.142 e. The maximum absolute atomic E-state index is 5.64. The van der Waals surface area contributed by atoms with Crippen molar-refractivity contribution in [2.24, 2.45) is 0 Å². The van der Waals surface area contributed by atoms with E-state index >= 15 is 0 Å². The average Bonchev–Trinajstić information content (AvgIpc) is 2.56. The number of likely N-dealkylation sites (N-methyl/N-ethyl adjacent to an activating group) is 1. The van der Waals surface area contributed by atoms with Crippen LogP contribution < -0.4 is 0 Å². The topological polar surface area (TPSA) is 12.5 Å². The fourth-order valence-corrected chi connectivity index (χ4v) is 3.29. The molecule has 3 heterocycles. The van der Waals surface area contributed by atoms with Crippen LogP contribution in [0.3, 0.4) is 0 Å². The number of piperidine rings is 1. The van der Waals surface area contributed by atoms with Gasteiger partial charge in [0.15, 0.2) is 0 Å². The number of fused-ring (bicyclic) bond motifs is 5. The lowest BCUT2D eigenvalue weighted by atomic mass is 10.00. The number of nitrogens with zero attached hydrogens (tertiary/aromatic N) is 1. The second kappa shape index (κ2) is 1.64. The molecule has 2 bridgehead atoms. The lowest BCUT2D eigenvalue weighted by molar-refractivity contribution is -0.937. The van der Waals surface area contributed by atoms with Gasteiger partial charge in [-0.2, -0.15) is 0 Å². The summed E-state index contributed by atoms with van der Waals surface area (Å²) < 4.78 is 6.89. The number of hydrogen-bond acceptors (Lipinski definition) is 1. The Bertz CT molecular complexity index is 184. The summed E-state index contributed by atoms with van der Waals surface area (Å²) in [6, 6.07) is 1.66. The van der Waals surface area contributed by atoms with E-state index in [2.05, 4.69) is 14.1 Å². The van der Waals surface area contributed by atoms with Gasteiger partial charge in [0, 0.05) is 12.8 Å². The molecule has 0 saturated carbocycles. The standard InChI is InChI=1S/C9H16NO/c1-10(2)6-4-3-5-7(10)9-8(6)11-9/h6-9H,3-5H2,1-2H3/q+1. The predicted octanol–water partition coefficient (Wildman–Crippen LogP) is 0.765. The molecule has 0 aromatic carbocycles. The molecule has 0 spiro atoms. The van der Waals surface area contributed by atoms with Crippen LogP contribution in [0.2, 0.25) is 0 Å². The summed E-state index contributed by atoms with van der Waals surface area (Å²) >= 11 is 0. The molecule has 4 atom stereocenters. The van der Waals surface area contributed by atoms with Crippen molar-refractivity contribution in [1.82, 2.24) is 0 Å². The molecule has 0 N–H and O–H groups in total. The number of quaternary nitrogens is 1. The van der Waals surface area contributed by atoms with E-state index in [-0.39, 0.29) is 0 Å². The van der Waals surface area contributed by atoms with Gasteiger partial charge in [-0.3, -0.25) is 0 Å². The fraction of sp³-hybridized carbons (Fsp3) is 1.00. The molecule has 2 nitrogen and oxygen atoms in total. The highest BCUT2D eigenvalue weighted by atomic mass is 16.6. The first kappa shape index (κ1) is 6.44. The summed E-state index contributed by atoms with van der Waals surface area (Å²) in [5.41, 5.74) is 0. The van der Waals surface area contributed by atoms with Crippen molar-refractivity contribution in [2.75, 3.05) is 14.1 Å². The third-order valence-electron chi connectivity index (χ3n) is 4.03. The van der Waals surface area contributed by atoms with Crippen LogP contribution >= 0.6 is 0 Å². The maximum Gasteiger partial charge on any atom is 0.142 e. The molecule has 2 heteroatoms. The highest BCUT2D eigenvalue weighted by Crippen LogP contribution is 2.50. The minimum atomic E-state index is 0.650. The van der Waals surface area contributed by atoms with Crippen LogP contribution in [0, 0.1) is 0 Å². The lowest BCUT2D eigenvalue weighted by Crippen LogP contribution is -2.56. The molecule has 3 aliphatic rings. The highest BCUT2D eigenvalue weighted by Gasteiger charge is 2.68. The van der Waals surface area contributed by atoms with Crippen molar-refractivity contribution in [3.63, 3.8) is 0 Å². The zero-order valence-corrected chi connectivity index (χ0v) is 7.29. The molecule has 3 saturated heterocycles. The molecule has 0 aromatic heterocycles. The summed E-state index contributed by atoms with van der Waals surface area (Å²) in [4.78, 5) is 0. The van der Waals surface area contributed by atoms with E-state index in [0.29, 0.717) is 12.2 Å². The lowest BCUT2D eigenvalue weighted by Gasteiger charge is -2.43. The van der Waals surface area contributed by atoms with Crippen LogP contribution in [0.4, 0.5) is 0 Å². The molecule has 3 aliphatic heterocycles. The minimum absolute atomic E-state index is 0.650. The summed E-state index contributed by atoms with van der Waals surface area (Å²) in [5.74, 6) is 0. The number of rotatable bonds is 0. The molecular weight excluding hydrogens is 138 g/mol. The molecule has 0 amide bonds. The summed E-state index contributed by atoms with van der Waals surface area (Å²) in [5, 5.41) is 0. The Balaban J connectivity index is 2.00. The largest absolute Gasteiger partial charge is 0.357 e. The first-order valence-corrected chi connectivity index (χ1v) is 4.70. The minimum Gasteiger partial charge on any atom is -0.357 e. The number of epoxide rings is 1. The third-order valence-corrected chi connectivity index (χ3v) is 4.03. The molecule has 11 heavy (non-hydrogen) atoms. The van der Waals surface area contributed by atoms with Crippen molar-refractivity contribution < 1.29 is 9.22 Å². The molecule has 62 valence electrons. The Labute approximate surface area is 67.7 Å². The van der Waals surface area contributed by atoms with E-state index in [1.165, 1.54) is 23.7 Å². The van der Waals surface area contributed by atoms with Crippen molar-refractivity contribution in [2.45, 2.75) is 43.6 Å². The van der Waals surface area contributed by atoms with E-state index in [0.717, 1.165) is 12.1 Å². The first-order valence-electron chi connectivity index (χ1n) is 4.70. The van der Waals surface area contributed by atoms with E-state index in [1.54, 1.807) is 0 Å². The first-order chi connectivity index (χ1) is 5.21. The van der Waals surface area contributed by atoms with Crippen LogP contribution in [0.1, 0.15) is 19.3 Å². The third kappa shape index (κ3) is 0.611. The predicted molar refractivity (Wildman–Crippen MR) is 42.2 cm³/mol. The van der Waals surface area contributed by atoms with Crippen molar-refractivity contribution in [3.05, 3.63) is 0 Å². The zero-order valence-electron chi connectivity index (χ0n) is 7.29. The number of hydrogen-bond donors (Lipinski definition) is 0. The van der Waals surface area contributed by atoms with Crippen LogP contribution in [-0.4, -0.2) is 42.9 Å². The van der Waals surface area contributed by atoms with E-state index in [1.807, 2.05) is 0 Å². The molecule has 3 rings (SSSR count). The van der Waals surface area contributed by atoms with Gasteiger partial charge in [0.25, 0.3) is 0 Å². The quantitative estimate of drug-likeness (QED) is 0.371. The molecule has 4 unspecified atom stereocenters. The Morgan fingerprint density at radius 3 is 2.09 bits per heavy atom. The SMILES string of the molecule is C[N+]1(C)C2CCCC1C1OC12. The van der Waals surface area contributed by atoms with Gasteiger partial charge < -0.3 is 9.22 Å². The normalized spacial score (nSPS) is 57.3. The number of morpholine rings is 1. The van der Waals surface area contributed by atoms with Gasteiger partial charge in [0.2, 0.25) is 0 Å². The zero-order chi connectivity index (χ0) is 7.64. The van der Waals surface area contributed by atoms with Crippen molar-refractivity contribution in [3.8, 4) is 0 Å². The molecule has 0 aromatic rings. The van der Waals surface area contributed by atoms with Gasteiger partial charge >= 0.3 is 0 Å². The van der Waals surface area contributed by atoms with Gasteiger partial charge in [-0.15, -0.1) is 0 Å². The Morgan fingerprint density at radius 1 is 1.09 bits per heavy atom. The van der Waals surface area contributed by atoms with E-state index < -0.39 is 0 Å². The van der Waals surface area contributed by atoms with Crippen molar-refractivity contribution in [1.29, 1.82) is 0 Å². The van der Waals surface area contributed by atoms with Gasteiger partial charge in [-0.05, 0) is 6.42 Å². The van der Waals surface area contributed by atoms with Crippen LogP contribution in [-0.2, 0) is 4.74 Å². The Morgan fingerprint density at radius 2 is 1.64 bits per heavy atom. The summed E-state index contributed by atoms with van der Waals surface area (Å²) in [6.45, 7) is 0. The van der Waals surface area contributed by atoms with Crippen LogP contribution in [0.15, 0.2) is 0 Å². The van der Waals surface area contributed by atoms with Gasteiger partial charge in [0.1, 0.15) is 24.3 Å². The fourth-order valence-electron chi connectivity index (χ4n) is 3.29. The van der Waals surface area contributed by atoms with E-state index in [9.17, 15) is 0 Å². The van der Waals surface area contributed by atoms with Crippen LogP contribution in [0.25, 0.3) is 0 Å². The Hall–Kier alpha value is -0.0800. The molecule has 3 fully saturated rings. The maximum atomic E-state index is 5.64. The van der Waals surface area contributed by atoms with E-state index in [4.69, 9.17) is 4.74 Å². The summed E-state index contributed by atoms with van der Waals surface area (Å²) in [6.07, 6.45) is 5.53. The molecular formula is C9H16NO+. The Kier molecular flexibility index (Phi) is 0.961. The second-order valence-corrected chi connectivity index (χ2v) is 4.76. The molecule has 0 aliphatic carbocycles. The van der Waals surface area contributed by atoms with Gasteiger partial charge in [0.05, 0.1) is 14.1 Å². The second-order valence-electron chi connectivity index (χ2n) is 4.76. The van der Waals surface area contributed by atoms with Gasteiger partial charge in [-0.25, -0.2) is 0 Å². The van der Waals surface area contributed by atoms with Gasteiger partial charge in [-0.1, -0.05) is 0 Å². The average molecular weight is 154 g/mol.